The summed E-state index contributed by atoms with van der Waals surface area (Å²) in [5.74, 6) is 0. The van der Waals surface area contributed by atoms with Gasteiger partial charge in [-0.15, -0.1) is 0 Å². The summed E-state index contributed by atoms with van der Waals surface area (Å²) in [4.78, 5) is 2.39. The van der Waals surface area contributed by atoms with E-state index in [4.69, 9.17) is 17.0 Å². The van der Waals surface area contributed by atoms with E-state index in [-0.39, 0.29) is 6.04 Å². The minimum absolute atomic E-state index is 0.141. The maximum absolute atomic E-state index is 5.45. The molecule has 5 nitrogen and oxygen atoms in total. The van der Waals surface area contributed by atoms with E-state index in [0.717, 1.165) is 32.0 Å². The molecule has 0 bridgehead atoms. The Morgan fingerprint density at radius 2 is 1.95 bits per heavy atom. The van der Waals surface area contributed by atoms with Gasteiger partial charge in [-0.3, -0.25) is 10.3 Å². The zero-order valence-electron chi connectivity index (χ0n) is 12.5. The molecule has 1 aliphatic rings. The summed E-state index contributed by atoms with van der Waals surface area (Å²) in [7, 11) is 1.77. The second kappa shape index (κ2) is 8.07. The highest BCUT2D eigenvalue weighted by atomic mass is 32.1. The fourth-order valence-corrected chi connectivity index (χ4v) is 2.49. The molecule has 114 valence electrons. The van der Waals surface area contributed by atoms with Gasteiger partial charge in [-0.25, -0.2) is 0 Å². The van der Waals surface area contributed by atoms with Gasteiger partial charge in [0.2, 0.25) is 0 Å². The Labute approximate surface area is 131 Å². The summed E-state index contributed by atoms with van der Waals surface area (Å²) in [5.41, 5.74) is 5.09. The van der Waals surface area contributed by atoms with Crippen LogP contribution in [0.2, 0.25) is 0 Å². The Kier molecular flexibility index (Phi) is 6.10. The van der Waals surface area contributed by atoms with E-state index >= 15 is 0 Å². The van der Waals surface area contributed by atoms with Gasteiger partial charge in [0.15, 0.2) is 5.11 Å². The maximum Gasteiger partial charge on any atom is 0.186 e. The molecule has 0 unspecified atom stereocenters. The number of morpholine rings is 1. The maximum atomic E-state index is 5.45. The van der Waals surface area contributed by atoms with E-state index in [2.05, 4.69) is 45.0 Å². The van der Waals surface area contributed by atoms with Crippen LogP contribution in [0, 0.1) is 0 Å². The molecule has 0 amide bonds. The fraction of sp³-hybridized carbons (Fsp3) is 0.467. The van der Waals surface area contributed by atoms with Crippen LogP contribution >= 0.6 is 12.2 Å². The predicted octanol–water partition coefficient (Wildman–Crippen LogP) is 1.53. The number of benzene rings is 1. The van der Waals surface area contributed by atoms with Crippen LogP contribution in [0.4, 0.5) is 0 Å². The number of nitrogens with one attached hydrogen (secondary N) is 2. The third-order valence-corrected chi connectivity index (χ3v) is 3.78. The first-order valence-corrected chi connectivity index (χ1v) is 7.52. The molecule has 21 heavy (non-hydrogen) atoms. The first-order chi connectivity index (χ1) is 10.2. The number of ether oxygens (including phenoxy) is 1. The van der Waals surface area contributed by atoms with Crippen LogP contribution in [0.1, 0.15) is 18.5 Å². The summed E-state index contributed by atoms with van der Waals surface area (Å²) in [5, 5.41) is 7.80. The van der Waals surface area contributed by atoms with Crippen LogP contribution in [-0.2, 0) is 4.74 Å². The number of hydrogen-bond acceptors (Lipinski definition) is 4. The minimum atomic E-state index is 0.141. The SMILES string of the molecule is CNC(=S)N/N=C(/C)[C@H](c1ccccc1)N1CCOCC1. The molecule has 0 saturated carbocycles. The molecular weight excluding hydrogens is 284 g/mol. The third-order valence-electron chi connectivity index (χ3n) is 3.48. The quantitative estimate of drug-likeness (QED) is 0.502. The lowest BCUT2D eigenvalue weighted by molar-refractivity contribution is 0.0285. The van der Waals surface area contributed by atoms with Crippen LogP contribution in [0.25, 0.3) is 0 Å². The van der Waals surface area contributed by atoms with Crippen molar-refractivity contribution in [3.05, 3.63) is 35.9 Å². The van der Waals surface area contributed by atoms with Gasteiger partial charge >= 0.3 is 0 Å². The lowest BCUT2D eigenvalue weighted by Crippen LogP contribution is -2.42. The second-order valence-electron chi connectivity index (χ2n) is 4.91. The second-order valence-corrected chi connectivity index (χ2v) is 5.31. The molecule has 1 fully saturated rings. The minimum Gasteiger partial charge on any atom is -0.379 e. The molecule has 1 aliphatic heterocycles. The lowest BCUT2D eigenvalue weighted by Gasteiger charge is -2.34. The number of nitrogens with zero attached hydrogens (tertiary/aromatic N) is 2. The van der Waals surface area contributed by atoms with E-state index < -0.39 is 0 Å². The van der Waals surface area contributed by atoms with E-state index in [9.17, 15) is 0 Å². The molecule has 1 atom stereocenters. The Morgan fingerprint density at radius 3 is 2.57 bits per heavy atom. The summed E-state index contributed by atoms with van der Waals surface area (Å²) in [6, 6.07) is 10.6. The monoisotopic (exact) mass is 306 g/mol. The van der Waals surface area contributed by atoms with Gasteiger partial charge in [0.1, 0.15) is 0 Å². The van der Waals surface area contributed by atoms with Gasteiger partial charge in [-0.1, -0.05) is 30.3 Å². The smallest absolute Gasteiger partial charge is 0.186 e. The van der Waals surface area contributed by atoms with Gasteiger partial charge in [-0.2, -0.15) is 5.10 Å². The molecule has 6 heteroatoms. The van der Waals surface area contributed by atoms with Crippen LogP contribution in [0.3, 0.4) is 0 Å². The van der Waals surface area contributed by atoms with Crippen molar-refractivity contribution < 1.29 is 4.74 Å². The van der Waals surface area contributed by atoms with Gasteiger partial charge in [-0.05, 0) is 24.7 Å². The van der Waals surface area contributed by atoms with Crippen LogP contribution in [0.15, 0.2) is 35.4 Å². The zero-order valence-corrected chi connectivity index (χ0v) is 13.3. The van der Waals surface area contributed by atoms with Crippen molar-refractivity contribution in [1.82, 2.24) is 15.6 Å². The van der Waals surface area contributed by atoms with Crippen LogP contribution in [-0.4, -0.2) is 49.1 Å². The Balaban J connectivity index is 2.20. The third kappa shape index (κ3) is 4.49. The molecule has 1 saturated heterocycles. The topological polar surface area (TPSA) is 48.9 Å². The van der Waals surface area contributed by atoms with Gasteiger partial charge in [0, 0.05) is 20.1 Å². The highest BCUT2D eigenvalue weighted by Gasteiger charge is 2.25. The number of hydrogen-bond donors (Lipinski definition) is 2. The summed E-state index contributed by atoms with van der Waals surface area (Å²) in [6.45, 7) is 5.36. The van der Waals surface area contributed by atoms with Crippen molar-refractivity contribution >= 4 is 23.0 Å². The van der Waals surface area contributed by atoms with Crippen molar-refractivity contribution in [2.24, 2.45) is 5.10 Å². The molecule has 0 aliphatic carbocycles. The zero-order chi connectivity index (χ0) is 15.1. The largest absolute Gasteiger partial charge is 0.379 e. The number of rotatable bonds is 4. The summed E-state index contributed by atoms with van der Waals surface area (Å²) < 4.78 is 5.45. The predicted molar refractivity (Wildman–Crippen MR) is 89.5 cm³/mol. The first kappa shape index (κ1) is 15.9. The standard InChI is InChI=1S/C15H22N4OS/c1-12(17-18-15(21)16-2)14(13-6-4-3-5-7-13)19-8-10-20-11-9-19/h3-7,14H,8-11H2,1-2H3,(H2,16,18,21)/b17-12-/t14-/m1/s1. The van der Waals surface area contributed by atoms with Crippen molar-refractivity contribution in [2.45, 2.75) is 13.0 Å². The molecule has 1 aromatic rings. The number of hydrazone groups is 1. The highest BCUT2D eigenvalue weighted by Crippen LogP contribution is 2.23. The highest BCUT2D eigenvalue weighted by molar-refractivity contribution is 7.80. The molecule has 2 rings (SSSR count). The van der Waals surface area contributed by atoms with E-state index in [1.165, 1.54) is 5.56 Å². The summed E-state index contributed by atoms with van der Waals surface area (Å²) >= 11 is 5.07. The van der Waals surface area contributed by atoms with Gasteiger partial charge < -0.3 is 10.1 Å². The molecule has 1 aromatic carbocycles. The Morgan fingerprint density at radius 1 is 1.29 bits per heavy atom. The van der Waals surface area contributed by atoms with Crippen LogP contribution in [0.5, 0.6) is 0 Å². The van der Waals surface area contributed by atoms with Gasteiger partial charge in [0.25, 0.3) is 0 Å². The van der Waals surface area contributed by atoms with Crippen molar-refractivity contribution in [1.29, 1.82) is 0 Å². The normalized spacial score (nSPS) is 18.1. The molecular formula is C15H22N4OS. The lowest BCUT2D eigenvalue weighted by atomic mass is 10.0. The molecule has 0 aromatic heterocycles. The molecule has 0 spiro atoms. The Bertz CT molecular complexity index is 486. The van der Waals surface area contributed by atoms with E-state index in [1.807, 2.05) is 13.0 Å². The molecule has 0 radical (unpaired) electrons. The summed E-state index contributed by atoms with van der Waals surface area (Å²) in [6.07, 6.45) is 0. The first-order valence-electron chi connectivity index (χ1n) is 7.11. The van der Waals surface area contributed by atoms with Gasteiger partial charge in [0.05, 0.1) is 25.0 Å². The van der Waals surface area contributed by atoms with Crippen LogP contribution < -0.4 is 10.7 Å². The van der Waals surface area contributed by atoms with Crippen molar-refractivity contribution in [2.75, 3.05) is 33.4 Å². The average Bonchev–Trinajstić information content (AvgIpc) is 2.55. The van der Waals surface area contributed by atoms with E-state index in [0.29, 0.717) is 5.11 Å². The Hall–Kier alpha value is -1.50. The van der Waals surface area contributed by atoms with Crippen molar-refractivity contribution in [3.63, 3.8) is 0 Å². The van der Waals surface area contributed by atoms with E-state index in [1.54, 1.807) is 7.05 Å². The average molecular weight is 306 g/mol. The van der Waals surface area contributed by atoms with Crippen molar-refractivity contribution in [3.8, 4) is 0 Å². The fourth-order valence-electron chi connectivity index (χ4n) is 2.44. The molecule has 1 heterocycles. The molecule has 2 N–H and O–H groups in total. The number of thiocarbonyl (C=S) groups is 1.